The summed E-state index contributed by atoms with van der Waals surface area (Å²) in [5, 5.41) is 20.4. The van der Waals surface area contributed by atoms with E-state index in [2.05, 4.69) is 4.72 Å². The van der Waals surface area contributed by atoms with Crippen molar-refractivity contribution in [1.29, 1.82) is 0 Å². The predicted octanol–water partition coefficient (Wildman–Crippen LogP) is 1.34. The summed E-state index contributed by atoms with van der Waals surface area (Å²) in [7, 11) is -3.96. The number of aliphatic hydroxyl groups is 1. The molecule has 1 unspecified atom stereocenters. The fourth-order valence-corrected chi connectivity index (χ4v) is 3.32. The Hall–Kier alpha value is -1.51. The lowest BCUT2D eigenvalue weighted by Gasteiger charge is -2.29. The first-order valence-corrected chi connectivity index (χ1v) is 7.43. The summed E-state index contributed by atoms with van der Waals surface area (Å²) in [5.41, 5.74) is -1.29. The van der Waals surface area contributed by atoms with Gasteiger partial charge in [-0.05, 0) is 33.8 Å². The molecule has 7 nitrogen and oxygen atoms in total. The van der Waals surface area contributed by atoms with Crippen LogP contribution in [0.2, 0.25) is 0 Å². The average molecular weight is 302 g/mol. The molecule has 0 bridgehead atoms. The van der Waals surface area contributed by atoms with Gasteiger partial charge in [-0.3, -0.25) is 10.1 Å². The van der Waals surface area contributed by atoms with E-state index in [0.717, 1.165) is 0 Å². The maximum absolute atomic E-state index is 12.3. The van der Waals surface area contributed by atoms with Crippen molar-refractivity contribution in [2.75, 3.05) is 0 Å². The van der Waals surface area contributed by atoms with Gasteiger partial charge < -0.3 is 5.11 Å². The maximum Gasteiger partial charge on any atom is 0.273 e. The van der Waals surface area contributed by atoms with Crippen LogP contribution in [-0.2, 0) is 10.0 Å². The van der Waals surface area contributed by atoms with Gasteiger partial charge in [0.15, 0.2) is 0 Å². The van der Waals surface area contributed by atoms with Gasteiger partial charge in [-0.25, -0.2) is 13.1 Å². The zero-order valence-electron chi connectivity index (χ0n) is 11.7. The van der Waals surface area contributed by atoms with Crippen molar-refractivity contribution in [3.05, 3.63) is 33.9 Å². The number of benzene rings is 1. The Kier molecular flexibility index (Phi) is 4.52. The smallest absolute Gasteiger partial charge is 0.273 e. The number of hydrogen-bond acceptors (Lipinski definition) is 5. The molecule has 0 aliphatic carbocycles. The van der Waals surface area contributed by atoms with Gasteiger partial charge in [0.05, 0.1) is 21.5 Å². The van der Waals surface area contributed by atoms with Crippen molar-refractivity contribution in [3.63, 3.8) is 0 Å². The molecular weight excluding hydrogens is 284 g/mol. The molecule has 0 spiro atoms. The summed E-state index contributed by atoms with van der Waals surface area (Å²) >= 11 is 0. The predicted molar refractivity (Wildman–Crippen MR) is 73.9 cm³/mol. The van der Waals surface area contributed by atoms with Crippen LogP contribution in [0.5, 0.6) is 0 Å². The number of sulfonamides is 1. The van der Waals surface area contributed by atoms with Crippen molar-refractivity contribution in [1.82, 2.24) is 4.72 Å². The Morgan fingerprint density at radius 3 is 2.40 bits per heavy atom. The second-order valence-corrected chi connectivity index (χ2v) is 6.81. The van der Waals surface area contributed by atoms with Crippen molar-refractivity contribution in [2.45, 2.75) is 44.2 Å². The van der Waals surface area contributed by atoms with E-state index < -0.39 is 26.6 Å². The number of nitrogens with one attached hydrogen (secondary N) is 1. The number of hydrogen-bond donors (Lipinski definition) is 2. The highest BCUT2D eigenvalue weighted by Crippen LogP contribution is 2.26. The normalized spacial score (nSPS) is 14.1. The van der Waals surface area contributed by atoms with E-state index in [0.29, 0.717) is 0 Å². The fourth-order valence-electron chi connectivity index (χ4n) is 1.58. The Bertz CT molecular complexity index is 623. The second-order valence-electron chi connectivity index (χ2n) is 5.16. The van der Waals surface area contributed by atoms with Crippen molar-refractivity contribution in [3.8, 4) is 0 Å². The summed E-state index contributed by atoms with van der Waals surface area (Å²) in [4.78, 5) is 10.0. The molecule has 0 aliphatic heterocycles. The van der Waals surface area contributed by atoms with E-state index in [1.54, 1.807) is 0 Å². The standard InChI is InChI=1S/C12H18N2O5S/c1-8-10(14(16)17)6-5-7-11(8)20(18,19)13-12(3,4)9(2)15/h5-7,9,13,15H,1-4H3. The molecule has 8 heteroatoms. The first-order valence-electron chi connectivity index (χ1n) is 5.95. The topological polar surface area (TPSA) is 110 Å². The zero-order chi connectivity index (χ0) is 15.7. The van der Waals surface area contributed by atoms with Crippen LogP contribution in [0.3, 0.4) is 0 Å². The Labute approximate surface area is 117 Å². The van der Waals surface area contributed by atoms with Crippen molar-refractivity contribution < 1.29 is 18.4 Å². The molecule has 0 aliphatic rings. The molecule has 1 atom stereocenters. The summed E-state index contributed by atoms with van der Waals surface area (Å²) in [6.07, 6.45) is -0.920. The van der Waals surface area contributed by atoms with Crippen LogP contribution in [0.25, 0.3) is 0 Å². The molecule has 0 radical (unpaired) electrons. The van der Waals surface area contributed by atoms with E-state index in [-0.39, 0.29) is 16.1 Å². The van der Waals surface area contributed by atoms with Gasteiger partial charge in [-0.1, -0.05) is 6.07 Å². The van der Waals surface area contributed by atoms with Crippen molar-refractivity contribution >= 4 is 15.7 Å². The molecule has 0 saturated carbocycles. The number of nitro groups is 1. The minimum atomic E-state index is -3.96. The first-order chi connectivity index (χ1) is 8.99. The molecule has 1 aromatic carbocycles. The third-order valence-electron chi connectivity index (χ3n) is 3.18. The number of rotatable bonds is 5. The molecule has 0 heterocycles. The van der Waals surface area contributed by atoms with Crippen LogP contribution in [0.4, 0.5) is 5.69 Å². The lowest BCUT2D eigenvalue weighted by Crippen LogP contribution is -2.50. The largest absolute Gasteiger partial charge is 0.391 e. The van der Waals surface area contributed by atoms with E-state index in [9.17, 15) is 23.6 Å². The van der Waals surface area contributed by atoms with Crippen molar-refractivity contribution in [2.24, 2.45) is 0 Å². The van der Waals surface area contributed by atoms with E-state index >= 15 is 0 Å². The maximum atomic E-state index is 12.3. The monoisotopic (exact) mass is 302 g/mol. The molecule has 1 aromatic rings. The van der Waals surface area contributed by atoms with Crippen LogP contribution in [0, 0.1) is 17.0 Å². The summed E-state index contributed by atoms with van der Waals surface area (Å²) < 4.78 is 27.0. The number of nitro benzene ring substituents is 1. The molecule has 0 aromatic heterocycles. The summed E-state index contributed by atoms with van der Waals surface area (Å²) in [6.45, 7) is 5.90. The number of aliphatic hydroxyl groups excluding tert-OH is 1. The molecule has 0 fully saturated rings. The Morgan fingerprint density at radius 1 is 1.40 bits per heavy atom. The van der Waals surface area contributed by atoms with E-state index in [4.69, 9.17) is 0 Å². The van der Waals surface area contributed by atoms with Crippen LogP contribution in [0.15, 0.2) is 23.1 Å². The van der Waals surface area contributed by atoms with Gasteiger partial charge >= 0.3 is 0 Å². The van der Waals surface area contributed by atoms with Gasteiger partial charge in [-0.2, -0.15) is 0 Å². The third kappa shape index (κ3) is 3.33. The number of nitrogens with zero attached hydrogens (tertiary/aromatic N) is 1. The van der Waals surface area contributed by atoms with Gasteiger partial charge in [-0.15, -0.1) is 0 Å². The van der Waals surface area contributed by atoms with Gasteiger partial charge in [0.25, 0.3) is 5.69 Å². The lowest BCUT2D eigenvalue weighted by molar-refractivity contribution is -0.385. The van der Waals surface area contributed by atoms with Gasteiger partial charge in [0, 0.05) is 11.6 Å². The molecule has 20 heavy (non-hydrogen) atoms. The molecule has 2 N–H and O–H groups in total. The van der Waals surface area contributed by atoms with Crippen LogP contribution in [-0.4, -0.2) is 30.1 Å². The lowest BCUT2D eigenvalue weighted by atomic mass is 10.0. The fraction of sp³-hybridized carbons (Fsp3) is 0.500. The molecule has 1 rings (SSSR count). The summed E-state index contributed by atoms with van der Waals surface area (Å²) in [6, 6.07) is 3.85. The van der Waals surface area contributed by atoms with Crippen LogP contribution in [0.1, 0.15) is 26.3 Å². The first kappa shape index (κ1) is 16.5. The van der Waals surface area contributed by atoms with Gasteiger partial charge in [0.1, 0.15) is 0 Å². The third-order valence-corrected chi connectivity index (χ3v) is 5.00. The summed E-state index contributed by atoms with van der Waals surface area (Å²) in [5.74, 6) is 0. The van der Waals surface area contributed by atoms with Crippen LogP contribution >= 0.6 is 0 Å². The highest BCUT2D eigenvalue weighted by molar-refractivity contribution is 7.89. The SMILES string of the molecule is Cc1c([N+](=O)[O-])cccc1S(=O)(=O)NC(C)(C)C(C)O. The molecule has 0 saturated heterocycles. The van der Waals surface area contributed by atoms with E-state index in [1.807, 2.05) is 0 Å². The van der Waals surface area contributed by atoms with Gasteiger partial charge in [0.2, 0.25) is 10.0 Å². The average Bonchev–Trinajstić information content (AvgIpc) is 2.26. The Balaban J connectivity index is 3.31. The highest BCUT2D eigenvalue weighted by Gasteiger charge is 2.32. The molecule has 0 amide bonds. The minimum absolute atomic E-state index is 0.0615. The molecule has 112 valence electrons. The Morgan fingerprint density at radius 2 is 1.95 bits per heavy atom. The van der Waals surface area contributed by atoms with Crippen LogP contribution < -0.4 is 4.72 Å². The minimum Gasteiger partial charge on any atom is -0.391 e. The molecular formula is C12H18N2O5S. The van der Waals surface area contributed by atoms with E-state index in [1.165, 1.54) is 45.9 Å². The second kappa shape index (κ2) is 5.47. The highest BCUT2D eigenvalue weighted by atomic mass is 32.2. The quantitative estimate of drug-likeness (QED) is 0.630. The zero-order valence-corrected chi connectivity index (χ0v) is 12.6.